The van der Waals surface area contributed by atoms with Gasteiger partial charge >= 0.3 is 12.3 Å². The summed E-state index contributed by atoms with van der Waals surface area (Å²) in [7, 11) is -4.46. The number of hydrogen-bond donors (Lipinski definition) is 3. The Labute approximate surface area is 340 Å². The van der Waals surface area contributed by atoms with E-state index in [1.807, 2.05) is 30.7 Å². The average molecular weight is 854 g/mol. The van der Waals surface area contributed by atoms with Crippen molar-refractivity contribution in [3.05, 3.63) is 42.6 Å². The second-order valence-corrected chi connectivity index (χ2v) is 18.8. The number of hydrogen-bond acceptors (Lipinski definition) is 10. The van der Waals surface area contributed by atoms with Gasteiger partial charge in [0.25, 0.3) is 5.91 Å². The molecular weight excluding hydrogens is 803 g/mol. The number of carbonyl (C=O) groups is 4. The molecular formula is C40H51F4N5O9S. The minimum absolute atomic E-state index is 0.0134. The molecule has 4 aliphatic rings. The zero-order valence-corrected chi connectivity index (χ0v) is 34.4. The van der Waals surface area contributed by atoms with Gasteiger partial charge in [0.15, 0.2) is 0 Å². The fraction of sp³-hybridized carbons (Fsp3) is 0.625. The SMILES string of the molecule is CCOc1cnc(O[C@@H]2C[C@H]3C(=O)N[C@]4(C(=O)NS(=O)(=O)C5(CF)CC5)C[C@H]4/C=C\CC[C@H](C)C[C@@H](C)[C@H](NC(=O)OC(C)(C)C(F)(F)F)C(=O)N3C2)c2ccccc12. The molecule has 6 rings (SSSR count). The van der Waals surface area contributed by atoms with Gasteiger partial charge in [-0.15, -0.1) is 0 Å². The highest BCUT2D eigenvalue weighted by Gasteiger charge is 2.64. The van der Waals surface area contributed by atoms with Crippen LogP contribution < -0.4 is 24.8 Å². The molecule has 14 nitrogen and oxygen atoms in total. The quantitative estimate of drug-likeness (QED) is 0.211. The van der Waals surface area contributed by atoms with E-state index in [-0.39, 0.29) is 44.0 Å². The zero-order chi connectivity index (χ0) is 43.1. The van der Waals surface area contributed by atoms with Crippen LogP contribution in [0.25, 0.3) is 10.8 Å². The number of aromatic nitrogens is 1. The number of nitrogens with one attached hydrogen (secondary N) is 3. The van der Waals surface area contributed by atoms with Gasteiger partial charge in [-0.3, -0.25) is 19.1 Å². The third-order valence-electron chi connectivity index (χ3n) is 11.9. The molecule has 3 N–H and O–H groups in total. The number of benzene rings is 1. The summed E-state index contributed by atoms with van der Waals surface area (Å²) in [6.45, 7) is 5.68. The first-order valence-electron chi connectivity index (χ1n) is 19.8. The van der Waals surface area contributed by atoms with Crippen LogP contribution in [0.4, 0.5) is 22.4 Å². The van der Waals surface area contributed by atoms with Crippen LogP contribution in [0.1, 0.15) is 79.6 Å². The molecule has 2 aromatic rings. The van der Waals surface area contributed by atoms with Gasteiger partial charge in [-0.25, -0.2) is 22.6 Å². The van der Waals surface area contributed by atoms with Gasteiger partial charge in [0.1, 0.15) is 40.9 Å². The highest BCUT2D eigenvalue weighted by atomic mass is 32.2. The fourth-order valence-electron chi connectivity index (χ4n) is 7.86. The third-order valence-corrected chi connectivity index (χ3v) is 14.0. The van der Waals surface area contributed by atoms with Gasteiger partial charge in [-0.05, 0) is 77.2 Å². The summed E-state index contributed by atoms with van der Waals surface area (Å²) >= 11 is 0. The standard InChI is InChI=1S/C40H51F4N5O9S/c1-6-56-30-20-45-33(28-14-10-9-13-27(28)30)57-26-18-29-32(50)47-39(35(52)48-59(54,55)38(22-41)15-16-38)19-25(39)12-8-7-11-23(2)17-24(3)31(34(51)49(29)21-26)46-36(53)58-37(4,5)40(42,43)44/h8-10,12-14,20,23-26,29,31H,6-7,11,15-19,21-22H2,1-5H3,(H,46,53)(H,47,50)(H,48,52)/b12-8-/t23-,24+,25+,26+,29-,31-,39+/m0/s1. The van der Waals surface area contributed by atoms with Crippen molar-refractivity contribution in [1.82, 2.24) is 25.2 Å². The topological polar surface area (TPSA) is 182 Å². The van der Waals surface area contributed by atoms with Crippen molar-refractivity contribution < 1.29 is 59.4 Å². The molecule has 3 fully saturated rings. The van der Waals surface area contributed by atoms with Crippen molar-refractivity contribution in [1.29, 1.82) is 0 Å². The molecule has 7 atom stereocenters. The molecule has 2 saturated carbocycles. The first-order chi connectivity index (χ1) is 27.7. The van der Waals surface area contributed by atoms with Crippen LogP contribution in [0.5, 0.6) is 11.6 Å². The number of sulfonamides is 1. The maximum absolute atomic E-state index is 14.8. The predicted molar refractivity (Wildman–Crippen MR) is 206 cm³/mol. The number of carbonyl (C=O) groups excluding carboxylic acids is 4. The number of amides is 4. The molecule has 0 bridgehead atoms. The van der Waals surface area contributed by atoms with E-state index in [0.29, 0.717) is 56.2 Å². The van der Waals surface area contributed by atoms with Gasteiger partial charge in [0, 0.05) is 23.1 Å². The van der Waals surface area contributed by atoms with Gasteiger partial charge in [0.05, 0.1) is 19.3 Å². The lowest BCUT2D eigenvalue weighted by atomic mass is 9.88. The second kappa shape index (κ2) is 16.4. The van der Waals surface area contributed by atoms with E-state index in [9.17, 15) is 45.2 Å². The second-order valence-electron chi connectivity index (χ2n) is 16.8. The van der Waals surface area contributed by atoms with E-state index in [2.05, 4.69) is 15.6 Å². The number of pyridine rings is 1. The Morgan fingerprint density at radius 1 is 1.08 bits per heavy atom. The Morgan fingerprint density at radius 3 is 2.42 bits per heavy atom. The summed E-state index contributed by atoms with van der Waals surface area (Å²) in [5.41, 5.74) is -4.67. The summed E-state index contributed by atoms with van der Waals surface area (Å²) in [4.78, 5) is 61.9. The Bertz CT molecular complexity index is 2100. The van der Waals surface area contributed by atoms with E-state index < -0.39 is 92.6 Å². The van der Waals surface area contributed by atoms with Crippen LogP contribution in [-0.2, 0) is 29.1 Å². The van der Waals surface area contributed by atoms with Crippen LogP contribution >= 0.6 is 0 Å². The monoisotopic (exact) mass is 853 g/mol. The Balaban J connectivity index is 1.36. The number of alkyl halides is 4. The molecule has 1 saturated heterocycles. The molecule has 1 aromatic carbocycles. The van der Waals surface area contributed by atoms with Gasteiger partial charge in [-0.1, -0.05) is 44.2 Å². The molecule has 4 amide bonds. The van der Waals surface area contributed by atoms with Crippen LogP contribution in [0.15, 0.2) is 42.6 Å². The highest BCUT2D eigenvalue weighted by Crippen LogP contribution is 2.48. The normalized spacial score (nSPS) is 29.1. The molecule has 59 heavy (non-hydrogen) atoms. The largest absolute Gasteiger partial charge is 0.492 e. The Kier molecular flexibility index (Phi) is 12.2. The average Bonchev–Trinajstić information content (AvgIpc) is 4.07. The van der Waals surface area contributed by atoms with Crippen LogP contribution in [0.3, 0.4) is 0 Å². The molecule has 0 radical (unpaired) electrons. The molecule has 2 aliphatic carbocycles. The third kappa shape index (κ3) is 8.94. The maximum atomic E-state index is 14.8. The molecule has 0 unspecified atom stereocenters. The number of fused-ring (bicyclic) bond motifs is 3. The van der Waals surface area contributed by atoms with E-state index in [1.165, 1.54) is 6.20 Å². The first kappa shape index (κ1) is 43.9. The fourth-order valence-corrected chi connectivity index (χ4v) is 9.29. The molecule has 1 aromatic heterocycles. The lowest BCUT2D eigenvalue weighted by Gasteiger charge is -2.34. The molecule has 0 spiro atoms. The van der Waals surface area contributed by atoms with E-state index in [0.717, 1.165) is 4.90 Å². The Morgan fingerprint density at radius 2 is 1.78 bits per heavy atom. The first-order valence-corrected chi connectivity index (χ1v) is 21.3. The summed E-state index contributed by atoms with van der Waals surface area (Å²) in [6, 6.07) is 4.29. The minimum atomic E-state index is -4.93. The number of halogens is 4. The van der Waals surface area contributed by atoms with Crippen LogP contribution in [0.2, 0.25) is 0 Å². The molecule has 2 aliphatic heterocycles. The lowest BCUT2D eigenvalue weighted by Crippen LogP contribution is -2.60. The number of rotatable bonds is 10. The molecule has 19 heteroatoms. The predicted octanol–water partition coefficient (Wildman–Crippen LogP) is 5.25. The number of nitrogens with zero attached hydrogens (tertiary/aromatic N) is 2. The van der Waals surface area contributed by atoms with Gasteiger partial charge < -0.3 is 29.7 Å². The number of alkyl carbamates (subject to hydrolysis) is 1. The summed E-state index contributed by atoms with van der Waals surface area (Å²) in [6.07, 6.45) is -1.01. The number of ether oxygens (including phenoxy) is 3. The van der Waals surface area contributed by atoms with Crippen molar-refractivity contribution in [2.24, 2.45) is 17.8 Å². The van der Waals surface area contributed by atoms with Gasteiger partial charge in [0.2, 0.25) is 33.3 Å². The lowest BCUT2D eigenvalue weighted by molar-refractivity contribution is -0.244. The van der Waals surface area contributed by atoms with Crippen LogP contribution in [0, 0.1) is 17.8 Å². The van der Waals surface area contributed by atoms with Crippen molar-refractivity contribution in [3.8, 4) is 11.6 Å². The smallest absolute Gasteiger partial charge is 0.427 e. The van der Waals surface area contributed by atoms with E-state index >= 15 is 0 Å². The van der Waals surface area contributed by atoms with E-state index in [1.54, 1.807) is 31.2 Å². The van der Waals surface area contributed by atoms with Crippen molar-refractivity contribution >= 4 is 44.6 Å². The number of allylic oxidation sites excluding steroid dienone is 1. The summed E-state index contributed by atoms with van der Waals surface area (Å²) < 4.78 is 98.6. The van der Waals surface area contributed by atoms with E-state index in [4.69, 9.17) is 14.2 Å². The van der Waals surface area contributed by atoms with Gasteiger partial charge in [-0.2, -0.15) is 13.2 Å². The summed E-state index contributed by atoms with van der Waals surface area (Å²) in [5, 5.41) is 6.34. The molecule has 3 heterocycles. The maximum Gasteiger partial charge on any atom is 0.427 e. The molecule has 324 valence electrons. The van der Waals surface area contributed by atoms with Crippen LogP contribution in [-0.4, -0.2) is 102 Å². The zero-order valence-electron chi connectivity index (χ0n) is 33.6. The highest BCUT2D eigenvalue weighted by molar-refractivity contribution is 7.91. The van der Waals surface area contributed by atoms with Crippen molar-refractivity contribution in [3.63, 3.8) is 0 Å². The minimum Gasteiger partial charge on any atom is -0.492 e. The van der Waals surface area contributed by atoms with Crippen molar-refractivity contribution in [2.75, 3.05) is 19.8 Å². The van der Waals surface area contributed by atoms with Crippen molar-refractivity contribution in [2.45, 2.75) is 120 Å². The Hall–Kier alpha value is -4.68. The summed E-state index contributed by atoms with van der Waals surface area (Å²) in [5.74, 6) is -3.43.